The topological polar surface area (TPSA) is 79.6 Å². The van der Waals surface area contributed by atoms with Crippen LogP contribution in [0, 0.1) is 23.1 Å². The van der Waals surface area contributed by atoms with Crippen LogP contribution in [0.15, 0.2) is 42.5 Å². The maximum absolute atomic E-state index is 13.6. The van der Waals surface area contributed by atoms with Crippen molar-refractivity contribution < 1.29 is 14.3 Å². The largest absolute Gasteiger partial charge is 0.392 e. The highest BCUT2D eigenvalue weighted by Crippen LogP contribution is 2.65. The number of nitrogens with one attached hydrogen (secondary N) is 1. The maximum Gasteiger partial charge on any atom is 0.322 e. The van der Waals surface area contributed by atoms with Crippen molar-refractivity contribution in [3.63, 3.8) is 0 Å². The summed E-state index contributed by atoms with van der Waals surface area (Å²) in [5, 5.41) is 22.0. The van der Waals surface area contributed by atoms with Crippen LogP contribution < -0.4 is 5.32 Å². The van der Waals surface area contributed by atoms with Gasteiger partial charge in [-0.25, -0.2) is 9.18 Å². The number of fused-ring (bicyclic) bond motifs is 1. The van der Waals surface area contributed by atoms with Gasteiger partial charge >= 0.3 is 6.03 Å². The molecule has 2 aromatic carbocycles. The lowest BCUT2D eigenvalue weighted by molar-refractivity contribution is 0.164. The molecule has 1 aliphatic heterocycles. The number of hydrogen-bond donors (Lipinski definition) is 2. The number of urea groups is 1. The zero-order valence-electron chi connectivity index (χ0n) is 19.6. The van der Waals surface area contributed by atoms with Gasteiger partial charge in [-0.3, -0.25) is 0 Å². The van der Waals surface area contributed by atoms with Crippen LogP contribution in [0.25, 0.3) is 0 Å². The fourth-order valence-electron chi connectivity index (χ4n) is 6.15. The molecule has 0 unspecified atom stereocenters. The number of likely N-dealkylation sites (tertiary alicyclic amines) is 1. The summed E-state index contributed by atoms with van der Waals surface area (Å²) in [5.74, 6) is -0.167. The van der Waals surface area contributed by atoms with Crippen molar-refractivity contribution in [2.45, 2.75) is 49.7 Å². The lowest BCUT2D eigenvalue weighted by atomic mass is 9.92. The molecule has 2 aliphatic carbocycles. The van der Waals surface area contributed by atoms with Crippen LogP contribution >= 0.6 is 11.6 Å². The molecule has 2 N–H and O–H groups in total. The predicted molar refractivity (Wildman–Crippen MR) is 133 cm³/mol. The van der Waals surface area contributed by atoms with Gasteiger partial charge in [-0.1, -0.05) is 23.7 Å². The van der Waals surface area contributed by atoms with Gasteiger partial charge in [0.05, 0.1) is 22.8 Å². The fourth-order valence-corrected chi connectivity index (χ4v) is 6.33. The molecule has 184 valence electrons. The van der Waals surface area contributed by atoms with E-state index in [4.69, 9.17) is 11.6 Å². The van der Waals surface area contributed by atoms with Crippen molar-refractivity contribution >= 4 is 23.3 Å². The van der Waals surface area contributed by atoms with Crippen molar-refractivity contribution in [1.29, 1.82) is 5.26 Å². The molecule has 0 spiro atoms. The molecule has 6 nitrogen and oxygen atoms in total. The first kappa shape index (κ1) is 24.1. The molecular formula is C27H30ClFN4O2. The molecule has 35 heavy (non-hydrogen) atoms. The van der Waals surface area contributed by atoms with Gasteiger partial charge in [0, 0.05) is 36.8 Å². The number of carbonyl (C=O) groups excluding carboxylic acids is 1. The highest BCUT2D eigenvalue weighted by Gasteiger charge is 2.64. The van der Waals surface area contributed by atoms with Crippen LogP contribution in [0.2, 0.25) is 5.02 Å². The summed E-state index contributed by atoms with van der Waals surface area (Å²) in [6, 6.07) is 14.2. The lowest BCUT2D eigenvalue weighted by Crippen LogP contribution is -2.44. The summed E-state index contributed by atoms with van der Waals surface area (Å²) in [5.41, 5.74) is 2.37. The van der Waals surface area contributed by atoms with Crippen molar-refractivity contribution in [2.24, 2.45) is 5.92 Å². The standard InChI is InChI=1S/C27H30ClFN4O2/c28-23-14-20(5-6-24(23)29)31-26(35)33(11-2-10-32-12-8-21(34)17-32)25-7-9-27(15-22(25)27)19-4-1-3-18(13-19)16-30/h1,3-6,13-14,21-22,25,34H,2,7-12,15,17H2,(H,31,35)/t21-,22-,25-,27-/m1/s1. The van der Waals surface area contributed by atoms with E-state index in [0.717, 1.165) is 45.2 Å². The lowest BCUT2D eigenvalue weighted by Gasteiger charge is -2.31. The van der Waals surface area contributed by atoms with Gasteiger partial charge in [0.2, 0.25) is 0 Å². The Kier molecular flexibility index (Phi) is 6.71. The normalized spacial score (nSPS) is 27.3. The van der Waals surface area contributed by atoms with Gasteiger partial charge in [0.15, 0.2) is 0 Å². The minimum atomic E-state index is -0.521. The molecule has 2 amide bonds. The van der Waals surface area contributed by atoms with Crippen molar-refractivity contribution in [3.8, 4) is 6.07 Å². The Hall–Kier alpha value is -2.66. The van der Waals surface area contributed by atoms with Crippen LogP contribution in [-0.4, -0.2) is 59.3 Å². The van der Waals surface area contributed by atoms with E-state index in [2.05, 4.69) is 22.4 Å². The van der Waals surface area contributed by atoms with Gasteiger partial charge < -0.3 is 20.2 Å². The molecule has 3 aliphatic rings. The van der Waals surface area contributed by atoms with E-state index < -0.39 is 5.82 Å². The summed E-state index contributed by atoms with van der Waals surface area (Å²) in [6.07, 6.45) is 4.25. The Morgan fingerprint density at radius 3 is 2.89 bits per heavy atom. The number of β-amino-alcohol motifs (C(OH)–C–C–N with tert-alkyl or cyclic N) is 1. The van der Waals surface area contributed by atoms with Gasteiger partial charge in [-0.2, -0.15) is 5.26 Å². The quantitative estimate of drug-likeness (QED) is 0.579. The Morgan fingerprint density at radius 1 is 1.31 bits per heavy atom. The minimum Gasteiger partial charge on any atom is -0.392 e. The number of rotatable bonds is 7. The smallest absolute Gasteiger partial charge is 0.322 e. The first-order chi connectivity index (χ1) is 16.9. The highest BCUT2D eigenvalue weighted by atomic mass is 35.5. The molecule has 1 saturated heterocycles. The van der Waals surface area contributed by atoms with E-state index >= 15 is 0 Å². The van der Waals surface area contributed by atoms with Crippen LogP contribution in [0.5, 0.6) is 0 Å². The maximum atomic E-state index is 13.6. The number of aliphatic hydroxyl groups is 1. The van der Waals surface area contributed by atoms with E-state index in [1.807, 2.05) is 23.1 Å². The Balaban J connectivity index is 1.31. The highest BCUT2D eigenvalue weighted by molar-refractivity contribution is 6.31. The molecule has 0 bridgehead atoms. The first-order valence-corrected chi connectivity index (χ1v) is 12.7. The fraction of sp³-hybridized carbons (Fsp3) is 0.481. The number of benzene rings is 2. The van der Waals surface area contributed by atoms with Crippen LogP contribution in [0.1, 0.15) is 43.2 Å². The van der Waals surface area contributed by atoms with E-state index in [0.29, 0.717) is 30.3 Å². The number of nitrogens with zero attached hydrogens (tertiary/aromatic N) is 3. The SMILES string of the molecule is N#Cc1cccc([C@]23CC[C@@H](N(CCCN4CC[C@@H](O)C4)C(=O)Nc4ccc(F)c(Cl)c4)[C@H]2C3)c1. The van der Waals surface area contributed by atoms with Gasteiger partial charge in [0.1, 0.15) is 5.82 Å². The third-order valence-electron chi connectivity index (χ3n) is 8.00. The monoisotopic (exact) mass is 496 g/mol. The predicted octanol–water partition coefficient (Wildman–Crippen LogP) is 4.76. The molecule has 5 rings (SSSR count). The van der Waals surface area contributed by atoms with Crippen LogP contribution in [0.3, 0.4) is 0 Å². The first-order valence-electron chi connectivity index (χ1n) is 12.3. The third-order valence-corrected chi connectivity index (χ3v) is 8.29. The Bertz CT molecular complexity index is 1150. The van der Waals surface area contributed by atoms with Crippen molar-refractivity contribution in [1.82, 2.24) is 9.80 Å². The molecule has 2 aromatic rings. The minimum absolute atomic E-state index is 0.0265. The average molecular weight is 497 g/mol. The number of hydrogen-bond acceptors (Lipinski definition) is 4. The third kappa shape index (κ3) is 4.88. The summed E-state index contributed by atoms with van der Waals surface area (Å²) in [4.78, 5) is 17.6. The molecule has 1 heterocycles. The molecule has 8 heteroatoms. The number of aliphatic hydroxyl groups excluding tert-OH is 1. The zero-order chi connectivity index (χ0) is 24.6. The molecule has 0 aromatic heterocycles. The van der Waals surface area contributed by atoms with Gasteiger partial charge in [0.25, 0.3) is 0 Å². The summed E-state index contributed by atoms with van der Waals surface area (Å²) in [6.45, 7) is 3.00. The number of nitriles is 1. The van der Waals surface area contributed by atoms with E-state index in [-0.39, 0.29) is 28.6 Å². The van der Waals surface area contributed by atoms with E-state index in [1.54, 1.807) is 0 Å². The Labute approximate surface area is 210 Å². The molecule has 0 radical (unpaired) electrons. The second-order valence-electron chi connectivity index (χ2n) is 10.1. The molecule has 3 fully saturated rings. The molecule has 2 saturated carbocycles. The number of halogens is 2. The second kappa shape index (κ2) is 9.77. The summed E-state index contributed by atoms with van der Waals surface area (Å²) >= 11 is 5.92. The Morgan fingerprint density at radius 2 is 2.17 bits per heavy atom. The van der Waals surface area contributed by atoms with Crippen molar-refractivity contribution in [3.05, 3.63) is 64.4 Å². The van der Waals surface area contributed by atoms with E-state index in [9.17, 15) is 19.6 Å². The van der Waals surface area contributed by atoms with Crippen molar-refractivity contribution in [2.75, 3.05) is 31.5 Å². The van der Waals surface area contributed by atoms with Gasteiger partial charge in [-0.05, 0) is 80.5 Å². The van der Waals surface area contributed by atoms with Gasteiger partial charge in [-0.15, -0.1) is 0 Å². The summed E-state index contributed by atoms with van der Waals surface area (Å²) < 4.78 is 13.6. The number of amides is 2. The molecular weight excluding hydrogens is 467 g/mol. The average Bonchev–Trinajstić information content (AvgIpc) is 3.26. The summed E-state index contributed by atoms with van der Waals surface area (Å²) in [7, 11) is 0. The number of carbonyl (C=O) groups is 1. The van der Waals surface area contributed by atoms with E-state index in [1.165, 1.54) is 23.8 Å². The number of anilines is 1. The second-order valence-corrected chi connectivity index (χ2v) is 10.5. The molecule has 4 atom stereocenters. The van der Waals surface area contributed by atoms with Crippen LogP contribution in [0.4, 0.5) is 14.9 Å². The zero-order valence-corrected chi connectivity index (χ0v) is 20.3. The van der Waals surface area contributed by atoms with Crippen LogP contribution in [-0.2, 0) is 5.41 Å².